The van der Waals surface area contributed by atoms with Gasteiger partial charge in [0, 0.05) is 39.1 Å². The van der Waals surface area contributed by atoms with E-state index in [2.05, 4.69) is 5.32 Å². The number of carbonyl (C=O) groups excluding carboxylic acids is 2. The maximum absolute atomic E-state index is 12.4. The predicted octanol–water partition coefficient (Wildman–Crippen LogP) is 1.44. The molecule has 1 atom stereocenters. The summed E-state index contributed by atoms with van der Waals surface area (Å²) in [4.78, 5) is 27.4. The largest absolute Gasteiger partial charge is 0.340 e. The van der Waals surface area contributed by atoms with Crippen LogP contribution in [0.1, 0.15) is 38.5 Å². The topological polar surface area (TPSA) is 52.7 Å². The minimum Gasteiger partial charge on any atom is -0.340 e. The van der Waals surface area contributed by atoms with Crippen molar-refractivity contribution < 1.29 is 9.59 Å². The van der Waals surface area contributed by atoms with Crippen LogP contribution in [-0.4, -0.2) is 55.0 Å². The van der Waals surface area contributed by atoms with E-state index in [1.165, 1.54) is 24.2 Å². The molecule has 5 nitrogen and oxygen atoms in total. The van der Waals surface area contributed by atoms with Crippen LogP contribution in [0, 0.1) is 5.92 Å². The Balaban J connectivity index is 1.80. The second-order valence-electron chi connectivity index (χ2n) is 5.95. The second kappa shape index (κ2) is 6.26. The van der Waals surface area contributed by atoms with Crippen molar-refractivity contribution in [2.45, 2.75) is 44.6 Å². The lowest BCUT2D eigenvalue weighted by molar-refractivity contribution is -0.135. The summed E-state index contributed by atoms with van der Waals surface area (Å²) in [5.74, 6) is 0.540. The molecule has 0 aromatic heterocycles. The fourth-order valence-electron chi connectivity index (χ4n) is 2.99. The van der Waals surface area contributed by atoms with E-state index in [1.807, 2.05) is 4.90 Å². The van der Waals surface area contributed by atoms with Gasteiger partial charge in [-0.25, -0.2) is 4.79 Å². The minimum atomic E-state index is -0.0723. The fraction of sp³-hybridized carbons (Fsp3) is 0.857. The lowest BCUT2D eigenvalue weighted by Gasteiger charge is -2.26. The minimum absolute atomic E-state index is 0.0723. The van der Waals surface area contributed by atoms with Gasteiger partial charge in [-0.05, 0) is 19.3 Å². The number of hydrogen-bond donors (Lipinski definition) is 1. The van der Waals surface area contributed by atoms with Gasteiger partial charge in [-0.3, -0.25) is 4.79 Å². The fourth-order valence-corrected chi connectivity index (χ4v) is 2.99. The van der Waals surface area contributed by atoms with Crippen LogP contribution in [0.4, 0.5) is 4.79 Å². The Bertz CT molecular complexity index is 338. The number of urea groups is 1. The van der Waals surface area contributed by atoms with E-state index in [0.29, 0.717) is 12.5 Å². The van der Waals surface area contributed by atoms with Crippen molar-refractivity contribution in [2.75, 3.05) is 27.2 Å². The number of rotatable bonds is 2. The zero-order valence-electron chi connectivity index (χ0n) is 12.0. The summed E-state index contributed by atoms with van der Waals surface area (Å²) in [5.41, 5.74) is 0. The van der Waals surface area contributed by atoms with Gasteiger partial charge in [-0.15, -0.1) is 0 Å². The standard InChI is InChI=1S/C14H25N3O2/c1-16(2)14(19)15-12-8-9-17(10-12)13(18)11-6-4-3-5-7-11/h11-12H,3-10H2,1-2H3,(H,15,19). The SMILES string of the molecule is CN(C)C(=O)NC1CCN(C(=O)C2CCCCC2)C1. The first-order valence-electron chi connectivity index (χ1n) is 7.34. The number of nitrogens with one attached hydrogen (secondary N) is 1. The third-order valence-corrected chi connectivity index (χ3v) is 4.19. The van der Waals surface area contributed by atoms with Gasteiger partial charge in [0.15, 0.2) is 0 Å². The van der Waals surface area contributed by atoms with Gasteiger partial charge in [-0.2, -0.15) is 0 Å². The van der Waals surface area contributed by atoms with E-state index in [9.17, 15) is 9.59 Å². The first-order chi connectivity index (χ1) is 9.08. The molecule has 0 aromatic rings. The highest BCUT2D eigenvalue weighted by Crippen LogP contribution is 2.26. The summed E-state index contributed by atoms with van der Waals surface area (Å²) in [6, 6.07) is 0.0411. The van der Waals surface area contributed by atoms with E-state index >= 15 is 0 Å². The second-order valence-corrected chi connectivity index (χ2v) is 5.95. The summed E-state index contributed by atoms with van der Waals surface area (Å²) in [5, 5.41) is 2.96. The molecule has 1 heterocycles. The molecule has 1 saturated heterocycles. The predicted molar refractivity (Wildman–Crippen MR) is 73.8 cm³/mol. The highest BCUT2D eigenvalue weighted by Gasteiger charge is 2.32. The van der Waals surface area contributed by atoms with Crippen LogP contribution in [-0.2, 0) is 4.79 Å². The Morgan fingerprint density at radius 2 is 1.79 bits per heavy atom. The van der Waals surface area contributed by atoms with Crippen LogP contribution in [0.3, 0.4) is 0 Å². The van der Waals surface area contributed by atoms with Gasteiger partial charge in [0.25, 0.3) is 0 Å². The number of nitrogens with zero attached hydrogens (tertiary/aromatic N) is 2. The smallest absolute Gasteiger partial charge is 0.317 e. The molecule has 19 heavy (non-hydrogen) atoms. The van der Waals surface area contributed by atoms with Crippen LogP contribution < -0.4 is 5.32 Å². The molecule has 1 saturated carbocycles. The summed E-state index contributed by atoms with van der Waals surface area (Å²) >= 11 is 0. The summed E-state index contributed by atoms with van der Waals surface area (Å²) in [6.07, 6.45) is 6.60. The highest BCUT2D eigenvalue weighted by atomic mass is 16.2. The third-order valence-electron chi connectivity index (χ3n) is 4.19. The summed E-state index contributed by atoms with van der Waals surface area (Å²) in [7, 11) is 3.46. The molecule has 3 amide bonds. The molecule has 0 spiro atoms. The van der Waals surface area contributed by atoms with Gasteiger partial charge in [0.1, 0.15) is 0 Å². The molecule has 1 N–H and O–H groups in total. The Kier molecular flexibility index (Phi) is 4.66. The average molecular weight is 267 g/mol. The lowest BCUT2D eigenvalue weighted by atomic mass is 9.88. The van der Waals surface area contributed by atoms with Gasteiger partial charge in [0.2, 0.25) is 5.91 Å². The van der Waals surface area contributed by atoms with Crippen molar-refractivity contribution in [1.29, 1.82) is 0 Å². The molecular weight excluding hydrogens is 242 g/mol. The Morgan fingerprint density at radius 1 is 1.11 bits per heavy atom. The van der Waals surface area contributed by atoms with Gasteiger partial charge < -0.3 is 15.1 Å². The van der Waals surface area contributed by atoms with Gasteiger partial charge in [-0.1, -0.05) is 19.3 Å². The summed E-state index contributed by atoms with van der Waals surface area (Å²) < 4.78 is 0. The van der Waals surface area contributed by atoms with Crippen LogP contribution in [0.2, 0.25) is 0 Å². The molecule has 1 unspecified atom stereocenters. The summed E-state index contributed by atoms with van der Waals surface area (Å²) in [6.45, 7) is 1.46. The molecule has 2 rings (SSSR count). The number of amides is 3. The molecule has 2 aliphatic rings. The average Bonchev–Trinajstić information content (AvgIpc) is 2.87. The molecule has 2 fully saturated rings. The van der Waals surface area contributed by atoms with Crippen LogP contribution >= 0.6 is 0 Å². The normalized spacial score (nSPS) is 24.3. The first-order valence-corrected chi connectivity index (χ1v) is 7.34. The maximum Gasteiger partial charge on any atom is 0.317 e. The monoisotopic (exact) mass is 267 g/mol. The Labute approximate surface area is 115 Å². The van der Waals surface area contributed by atoms with Crippen molar-refractivity contribution in [2.24, 2.45) is 5.92 Å². The number of likely N-dealkylation sites (tertiary alicyclic amines) is 1. The van der Waals surface area contributed by atoms with E-state index in [-0.39, 0.29) is 18.0 Å². The Hall–Kier alpha value is -1.26. The number of carbonyl (C=O) groups is 2. The highest BCUT2D eigenvalue weighted by molar-refractivity contribution is 5.79. The van der Waals surface area contributed by atoms with Crippen molar-refractivity contribution >= 4 is 11.9 Å². The quantitative estimate of drug-likeness (QED) is 0.823. The molecule has 0 aromatic carbocycles. The van der Waals surface area contributed by atoms with Crippen molar-refractivity contribution in [3.63, 3.8) is 0 Å². The van der Waals surface area contributed by atoms with E-state index in [4.69, 9.17) is 0 Å². The van der Waals surface area contributed by atoms with E-state index in [0.717, 1.165) is 25.8 Å². The van der Waals surface area contributed by atoms with Crippen LogP contribution in [0.25, 0.3) is 0 Å². The molecule has 108 valence electrons. The maximum atomic E-state index is 12.4. The van der Waals surface area contributed by atoms with Gasteiger partial charge in [0.05, 0.1) is 0 Å². The molecule has 5 heteroatoms. The third kappa shape index (κ3) is 3.61. The molecular formula is C14H25N3O2. The van der Waals surface area contributed by atoms with E-state index in [1.54, 1.807) is 14.1 Å². The first kappa shape index (κ1) is 14.2. The molecule has 1 aliphatic carbocycles. The van der Waals surface area contributed by atoms with Crippen LogP contribution in [0.5, 0.6) is 0 Å². The van der Waals surface area contributed by atoms with Crippen molar-refractivity contribution in [3.05, 3.63) is 0 Å². The molecule has 1 aliphatic heterocycles. The zero-order chi connectivity index (χ0) is 13.8. The van der Waals surface area contributed by atoms with Crippen LogP contribution in [0.15, 0.2) is 0 Å². The lowest BCUT2D eigenvalue weighted by Crippen LogP contribution is -2.44. The van der Waals surface area contributed by atoms with Crippen molar-refractivity contribution in [3.8, 4) is 0 Å². The molecule has 0 bridgehead atoms. The van der Waals surface area contributed by atoms with Gasteiger partial charge >= 0.3 is 6.03 Å². The Morgan fingerprint density at radius 3 is 2.42 bits per heavy atom. The van der Waals surface area contributed by atoms with Crippen molar-refractivity contribution in [1.82, 2.24) is 15.1 Å². The zero-order valence-corrected chi connectivity index (χ0v) is 12.0. The molecule has 0 radical (unpaired) electrons. The number of hydrogen-bond acceptors (Lipinski definition) is 2. The van der Waals surface area contributed by atoms with E-state index < -0.39 is 0 Å².